The van der Waals surface area contributed by atoms with Gasteiger partial charge in [-0.3, -0.25) is 4.79 Å². The molecule has 2 aromatic carbocycles. The van der Waals surface area contributed by atoms with Gasteiger partial charge < -0.3 is 19.2 Å². The van der Waals surface area contributed by atoms with Crippen molar-refractivity contribution in [3.8, 4) is 0 Å². The largest absolute Gasteiger partial charge is 0.467 e. The first-order chi connectivity index (χ1) is 12.8. The molecule has 0 radical (unpaired) electrons. The van der Waals surface area contributed by atoms with Crippen LogP contribution >= 0.6 is 0 Å². The van der Waals surface area contributed by atoms with Crippen molar-refractivity contribution in [1.29, 1.82) is 0 Å². The van der Waals surface area contributed by atoms with Gasteiger partial charge in [0, 0.05) is 11.1 Å². The Kier molecular flexibility index (Phi) is 4.82. The van der Waals surface area contributed by atoms with Crippen molar-refractivity contribution in [2.45, 2.75) is 12.3 Å². The second-order valence-electron chi connectivity index (χ2n) is 6.03. The maximum absolute atomic E-state index is 12.9. The molecule has 1 aromatic heterocycles. The summed E-state index contributed by atoms with van der Waals surface area (Å²) in [6, 6.07) is 20.4. The second kappa shape index (κ2) is 7.56. The van der Waals surface area contributed by atoms with Crippen LogP contribution in [-0.2, 0) is 9.47 Å². The molecule has 0 bridgehead atoms. The van der Waals surface area contributed by atoms with Gasteiger partial charge in [-0.05, 0) is 29.8 Å². The molecule has 2 heterocycles. The van der Waals surface area contributed by atoms with E-state index in [-0.39, 0.29) is 11.9 Å². The van der Waals surface area contributed by atoms with Crippen molar-refractivity contribution in [2.24, 2.45) is 0 Å². The van der Waals surface area contributed by atoms with Crippen molar-refractivity contribution >= 4 is 5.91 Å². The third kappa shape index (κ3) is 3.54. The molecule has 3 aromatic rings. The molecule has 5 heteroatoms. The number of furan rings is 1. The van der Waals surface area contributed by atoms with Gasteiger partial charge in [0.25, 0.3) is 5.91 Å². The van der Waals surface area contributed by atoms with E-state index >= 15 is 0 Å². The molecule has 5 nitrogen and oxygen atoms in total. The van der Waals surface area contributed by atoms with Gasteiger partial charge in [-0.2, -0.15) is 0 Å². The predicted molar refractivity (Wildman–Crippen MR) is 95.5 cm³/mol. The minimum absolute atomic E-state index is 0.185. The monoisotopic (exact) mass is 349 g/mol. The fourth-order valence-corrected chi connectivity index (χ4v) is 3.01. The molecule has 1 aliphatic rings. The summed E-state index contributed by atoms with van der Waals surface area (Å²) in [5.74, 6) is 0.498. The summed E-state index contributed by atoms with van der Waals surface area (Å²) in [5, 5.41) is 3.06. The first kappa shape index (κ1) is 16.6. The first-order valence-corrected chi connectivity index (χ1v) is 8.53. The summed E-state index contributed by atoms with van der Waals surface area (Å²) < 4.78 is 16.6. The smallest absolute Gasteiger partial charge is 0.252 e. The highest BCUT2D eigenvalue weighted by Gasteiger charge is 2.22. The highest BCUT2D eigenvalue weighted by Crippen LogP contribution is 2.25. The van der Waals surface area contributed by atoms with E-state index in [0.717, 1.165) is 11.1 Å². The Morgan fingerprint density at radius 3 is 2.50 bits per heavy atom. The minimum Gasteiger partial charge on any atom is -0.467 e. The van der Waals surface area contributed by atoms with E-state index in [1.54, 1.807) is 18.4 Å². The Morgan fingerprint density at radius 1 is 0.962 bits per heavy atom. The average Bonchev–Trinajstić information content (AvgIpc) is 3.40. The number of benzene rings is 2. The number of carbonyl (C=O) groups excluding carboxylic acids is 1. The Balaban J connectivity index is 1.58. The number of hydrogen-bond donors (Lipinski definition) is 1. The number of nitrogens with one attached hydrogen (secondary N) is 1. The van der Waals surface area contributed by atoms with Gasteiger partial charge in [0.05, 0.1) is 19.5 Å². The molecule has 1 aliphatic heterocycles. The van der Waals surface area contributed by atoms with Crippen LogP contribution in [0.4, 0.5) is 0 Å². The van der Waals surface area contributed by atoms with Crippen molar-refractivity contribution in [3.05, 3.63) is 95.4 Å². The standard InChI is InChI=1S/C21H19NO4/c23-20(16-8-4-9-17(14-16)21-25-12-13-26-21)22-19(18-10-5-11-24-18)15-6-2-1-3-7-15/h1-11,14,19,21H,12-13H2,(H,22,23)/t19-/m0/s1. The maximum Gasteiger partial charge on any atom is 0.252 e. The van der Waals surface area contributed by atoms with E-state index in [1.807, 2.05) is 54.6 Å². The minimum atomic E-state index is -0.405. The number of carbonyl (C=O) groups is 1. The summed E-state index contributed by atoms with van der Waals surface area (Å²) in [6.45, 7) is 1.13. The zero-order valence-electron chi connectivity index (χ0n) is 14.1. The van der Waals surface area contributed by atoms with Crippen LogP contribution in [-0.4, -0.2) is 19.1 Å². The van der Waals surface area contributed by atoms with Crippen molar-refractivity contribution in [3.63, 3.8) is 0 Å². The Morgan fingerprint density at radius 2 is 1.77 bits per heavy atom. The number of rotatable bonds is 5. The van der Waals surface area contributed by atoms with E-state index in [2.05, 4.69) is 5.32 Å². The molecule has 0 spiro atoms. The van der Waals surface area contributed by atoms with Crippen LogP contribution in [0.5, 0.6) is 0 Å². The molecule has 0 unspecified atom stereocenters. The lowest BCUT2D eigenvalue weighted by Crippen LogP contribution is -2.29. The highest BCUT2D eigenvalue weighted by atomic mass is 16.7. The molecular weight excluding hydrogens is 330 g/mol. The highest BCUT2D eigenvalue weighted by molar-refractivity contribution is 5.94. The van der Waals surface area contributed by atoms with Crippen molar-refractivity contribution in [1.82, 2.24) is 5.32 Å². The molecule has 132 valence electrons. The van der Waals surface area contributed by atoms with Gasteiger partial charge >= 0.3 is 0 Å². The molecule has 26 heavy (non-hydrogen) atoms. The summed E-state index contributed by atoms with van der Waals surface area (Å²) in [7, 11) is 0. The summed E-state index contributed by atoms with van der Waals surface area (Å²) >= 11 is 0. The number of ether oxygens (including phenoxy) is 2. The van der Waals surface area contributed by atoms with Crippen molar-refractivity contribution < 1.29 is 18.7 Å². The van der Waals surface area contributed by atoms with Crippen molar-refractivity contribution in [2.75, 3.05) is 13.2 Å². The quantitative estimate of drug-likeness (QED) is 0.760. The fraction of sp³-hybridized carbons (Fsp3) is 0.190. The van der Waals surface area contributed by atoms with Gasteiger partial charge in [-0.25, -0.2) is 0 Å². The van der Waals surface area contributed by atoms with Crippen LogP contribution in [0.25, 0.3) is 0 Å². The fourth-order valence-electron chi connectivity index (χ4n) is 3.01. The average molecular weight is 349 g/mol. The van der Waals surface area contributed by atoms with Gasteiger partial charge in [0.1, 0.15) is 11.8 Å². The molecule has 0 saturated carbocycles. The van der Waals surface area contributed by atoms with Crippen LogP contribution < -0.4 is 5.32 Å². The summed E-state index contributed by atoms with van der Waals surface area (Å²) in [4.78, 5) is 12.9. The molecule has 1 N–H and O–H groups in total. The zero-order chi connectivity index (χ0) is 17.8. The molecule has 0 aliphatic carbocycles. The SMILES string of the molecule is O=C(N[C@@H](c1ccccc1)c1ccco1)c1cccc(C2OCCO2)c1. The summed E-state index contributed by atoms with van der Waals surface area (Å²) in [6.07, 6.45) is 1.20. The van der Waals surface area contributed by atoms with E-state index in [9.17, 15) is 4.79 Å². The molecule has 1 atom stereocenters. The molecule has 4 rings (SSSR count). The van der Waals surface area contributed by atoms with Crippen LogP contribution in [0, 0.1) is 0 Å². The molecule has 1 amide bonds. The Bertz CT molecular complexity index is 855. The lowest BCUT2D eigenvalue weighted by atomic mass is 10.0. The van der Waals surface area contributed by atoms with E-state index in [4.69, 9.17) is 13.9 Å². The lowest BCUT2D eigenvalue weighted by Gasteiger charge is -2.18. The lowest BCUT2D eigenvalue weighted by molar-refractivity contribution is -0.0441. The number of amides is 1. The van der Waals surface area contributed by atoms with Crippen LogP contribution in [0.1, 0.15) is 39.6 Å². The summed E-state index contributed by atoms with van der Waals surface area (Å²) in [5.41, 5.74) is 2.34. The van der Waals surface area contributed by atoms with Gasteiger partial charge in [0.15, 0.2) is 6.29 Å². The predicted octanol–water partition coefficient (Wildman–Crippen LogP) is 3.84. The Labute approximate surface area is 151 Å². The van der Waals surface area contributed by atoms with Gasteiger partial charge in [-0.15, -0.1) is 0 Å². The van der Waals surface area contributed by atoms with E-state index in [1.165, 1.54) is 0 Å². The molecule has 1 fully saturated rings. The second-order valence-corrected chi connectivity index (χ2v) is 6.03. The third-order valence-corrected chi connectivity index (χ3v) is 4.28. The van der Waals surface area contributed by atoms with Gasteiger partial charge in [0.2, 0.25) is 0 Å². The number of hydrogen-bond acceptors (Lipinski definition) is 4. The van der Waals surface area contributed by atoms with Crippen LogP contribution in [0.2, 0.25) is 0 Å². The van der Waals surface area contributed by atoms with Crippen LogP contribution in [0.15, 0.2) is 77.4 Å². The van der Waals surface area contributed by atoms with Crippen LogP contribution in [0.3, 0.4) is 0 Å². The normalized spacial score (nSPS) is 15.7. The molecule has 1 saturated heterocycles. The Hall–Kier alpha value is -2.89. The third-order valence-electron chi connectivity index (χ3n) is 4.28. The van der Waals surface area contributed by atoms with E-state index < -0.39 is 6.29 Å². The zero-order valence-corrected chi connectivity index (χ0v) is 14.1. The topological polar surface area (TPSA) is 60.7 Å². The van der Waals surface area contributed by atoms with E-state index in [0.29, 0.717) is 24.5 Å². The molecular formula is C21H19NO4. The maximum atomic E-state index is 12.9. The van der Waals surface area contributed by atoms with Gasteiger partial charge in [-0.1, -0.05) is 42.5 Å². The first-order valence-electron chi connectivity index (χ1n) is 8.53.